The van der Waals surface area contributed by atoms with Crippen molar-refractivity contribution in [1.82, 2.24) is 29.1 Å². The van der Waals surface area contributed by atoms with Crippen molar-refractivity contribution in [1.29, 1.82) is 0 Å². The molecule has 2 amide bonds. The molecule has 2 aromatic heterocycles. The third kappa shape index (κ3) is 6.12. The van der Waals surface area contributed by atoms with Gasteiger partial charge < -0.3 is 15.3 Å². The summed E-state index contributed by atoms with van der Waals surface area (Å²) in [6.45, 7) is 8.79. The van der Waals surface area contributed by atoms with Gasteiger partial charge in [0.2, 0.25) is 0 Å². The van der Waals surface area contributed by atoms with E-state index in [1.807, 2.05) is 30.0 Å². The second-order valence-corrected chi connectivity index (χ2v) is 13.6. The monoisotopic (exact) mass is 602 g/mol. The molecule has 1 aromatic carbocycles. The van der Waals surface area contributed by atoms with Crippen molar-refractivity contribution >= 4 is 55.2 Å². The van der Waals surface area contributed by atoms with Gasteiger partial charge >= 0.3 is 6.09 Å². The topological polar surface area (TPSA) is 161 Å². The largest absolute Gasteiger partial charge is 0.465 e. The van der Waals surface area contributed by atoms with E-state index in [1.165, 1.54) is 10.6 Å². The minimum atomic E-state index is -3.79. The van der Waals surface area contributed by atoms with E-state index < -0.39 is 16.1 Å². The first-order valence-corrected chi connectivity index (χ1v) is 15.8. The van der Waals surface area contributed by atoms with Gasteiger partial charge in [0, 0.05) is 56.7 Å². The molecule has 15 heteroatoms. The van der Waals surface area contributed by atoms with E-state index in [9.17, 15) is 18.0 Å². The second kappa shape index (κ2) is 11.8. The average Bonchev–Trinajstić information content (AvgIpc) is 3.53. The predicted octanol–water partition coefficient (Wildman–Crippen LogP) is 2.92. The van der Waals surface area contributed by atoms with Gasteiger partial charge in [0.25, 0.3) is 15.9 Å². The van der Waals surface area contributed by atoms with Gasteiger partial charge in [-0.15, -0.1) is 0 Å². The summed E-state index contributed by atoms with van der Waals surface area (Å²) in [4.78, 5) is 41.2. The number of fused-ring (bicyclic) bond motifs is 1. The lowest BCUT2D eigenvalue weighted by Gasteiger charge is -2.35. The molecule has 2 saturated heterocycles. The maximum absolute atomic E-state index is 13.3. The number of thiazole rings is 1. The number of hydrogen-bond donors (Lipinski definition) is 3. The van der Waals surface area contributed by atoms with Gasteiger partial charge in [0.1, 0.15) is 12.1 Å². The molecule has 1 unspecified atom stereocenters. The van der Waals surface area contributed by atoms with Crippen molar-refractivity contribution in [2.24, 2.45) is 0 Å². The molecule has 2 aliphatic rings. The first-order valence-electron chi connectivity index (χ1n) is 13.6. The molecule has 2 atom stereocenters. The SMILES string of the molecule is Cc1nc(NC(=O)O)sc1S(=O)(=O)N1CCN(CC(C)Nc2ncnc3c(C(=O)N4CCC[C@@H]4C)cccc23)CC1. The highest BCUT2D eigenvalue weighted by Gasteiger charge is 2.33. The van der Waals surface area contributed by atoms with Crippen LogP contribution in [0.5, 0.6) is 0 Å². The molecule has 3 aromatic rings. The summed E-state index contributed by atoms with van der Waals surface area (Å²) in [5.74, 6) is 0.647. The number of nitrogens with one attached hydrogen (secondary N) is 2. The summed E-state index contributed by atoms with van der Waals surface area (Å²) in [7, 11) is -3.79. The minimum absolute atomic E-state index is 0.00554. The van der Waals surface area contributed by atoms with Gasteiger partial charge in [-0.1, -0.05) is 17.4 Å². The van der Waals surface area contributed by atoms with Crippen LogP contribution in [0.2, 0.25) is 0 Å². The van der Waals surface area contributed by atoms with E-state index in [0.29, 0.717) is 49.6 Å². The van der Waals surface area contributed by atoms with Gasteiger partial charge in [-0.3, -0.25) is 15.0 Å². The Morgan fingerprint density at radius 1 is 1.17 bits per heavy atom. The zero-order valence-corrected chi connectivity index (χ0v) is 24.8. The lowest BCUT2D eigenvalue weighted by Crippen LogP contribution is -2.50. The van der Waals surface area contributed by atoms with Crippen LogP contribution in [0.25, 0.3) is 10.9 Å². The number of carbonyl (C=O) groups excluding carboxylic acids is 1. The van der Waals surface area contributed by atoms with Gasteiger partial charge in [-0.25, -0.2) is 28.2 Å². The number of likely N-dealkylation sites (tertiary alicyclic amines) is 1. The smallest absolute Gasteiger partial charge is 0.410 e. The number of piperazine rings is 1. The highest BCUT2D eigenvalue weighted by molar-refractivity contribution is 7.91. The highest BCUT2D eigenvalue weighted by atomic mass is 32.2. The Kier molecular flexibility index (Phi) is 8.40. The summed E-state index contributed by atoms with van der Waals surface area (Å²) >= 11 is 0.820. The Balaban J connectivity index is 1.22. The summed E-state index contributed by atoms with van der Waals surface area (Å²) in [6, 6.07) is 5.80. The van der Waals surface area contributed by atoms with Crippen LogP contribution in [0.4, 0.5) is 15.7 Å². The molecule has 0 bridgehead atoms. The first kappa shape index (κ1) is 29.1. The van der Waals surface area contributed by atoms with E-state index in [-0.39, 0.29) is 33.0 Å². The van der Waals surface area contributed by atoms with Crippen LogP contribution in [0, 0.1) is 6.92 Å². The Labute approximate surface area is 242 Å². The van der Waals surface area contributed by atoms with Gasteiger partial charge in [-0.2, -0.15) is 4.31 Å². The van der Waals surface area contributed by atoms with E-state index in [4.69, 9.17) is 5.11 Å². The Bertz CT molecular complexity index is 1550. The van der Waals surface area contributed by atoms with Crippen LogP contribution < -0.4 is 10.6 Å². The molecule has 0 aliphatic carbocycles. The lowest BCUT2D eigenvalue weighted by molar-refractivity contribution is 0.0749. The van der Waals surface area contributed by atoms with Crippen LogP contribution in [-0.4, -0.2) is 106 Å². The van der Waals surface area contributed by atoms with Crippen molar-refractivity contribution in [2.75, 3.05) is 49.9 Å². The molecule has 3 N–H and O–H groups in total. The molecule has 0 radical (unpaired) electrons. The standard InChI is InChI=1S/C26H34N8O5S2/c1-16(14-32-10-12-33(13-11-32)41(38,39)24-18(3)30-25(40-24)31-26(36)37)29-22-19-7-4-8-20(21(19)27-15-28-22)23(35)34-9-5-6-17(34)2/h4,7-8,15-17H,5-6,9-14H2,1-3H3,(H,30,31)(H,36,37)(H,27,28,29)/t16?,17-/m0/s1. The highest BCUT2D eigenvalue weighted by Crippen LogP contribution is 2.31. The summed E-state index contributed by atoms with van der Waals surface area (Å²) in [5, 5.41) is 15.3. The van der Waals surface area contributed by atoms with Crippen molar-refractivity contribution in [3.05, 3.63) is 35.8 Å². The lowest BCUT2D eigenvalue weighted by atomic mass is 10.1. The molecule has 2 fully saturated rings. The molecule has 4 heterocycles. The number of aromatic nitrogens is 3. The quantitative estimate of drug-likeness (QED) is 0.350. The maximum Gasteiger partial charge on any atom is 0.410 e. The second-order valence-electron chi connectivity index (χ2n) is 10.5. The number of carbonyl (C=O) groups is 2. The number of para-hydroxylation sites is 1. The van der Waals surface area contributed by atoms with Crippen LogP contribution in [-0.2, 0) is 10.0 Å². The molecular formula is C26H34N8O5S2. The van der Waals surface area contributed by atoms with E-state index in [0.717, 1.165) is 36.1 Å². The minimum Gasteiger partial charge on any atom is -0.465 e. The Morgan fingerprint density at radius 3 is 2.61 bits per heavy atom. The number of rotatable bonds is 8. The van der Waals surface area contributed by atoms with Gasteiger partial charge in [0.05, 0.1) is 16.8 Å². The van der Waals surface area contributed by atoms with E-state index >= 15 is 0 Å². The fraction of sp³-hybridized carbons (Fsp3) is 0.500. The fourth-order valence-electron chi connectivity index (χ4n) is 5.47. The molecule has 2 aliphatic heterocycles. The molecule has 0 saturated carbocycles. The van der Waals surface area contributed by atoms with Crippen molar-refractivity contribution in [2.45, 2.75) is 49.9 Å². The van der Waals surface area contributed by atoms with E-state index in [1.54, 1.807) is 6.92 Å². The molecule has 220 valence electrons. The number of nitrogens with zero attached hydrogens (tertiary/aromatic N) is 6. The fourth-order valence-corrected chi connectivity index (χ4v) is 8.43. The normalized spacial score (nSPS) is 19.4. The summed E-state index contributed by atoms with van der Waals surface area (Å²) < 4.78 is 27.9. The number of aryl methyl sites for hydroxylation is 1. The zero-order chi connectivity index (χ0) is 29.3. The van der Waals surface area contributed by atoms with Crippen LogP contribution in [0.1, 0.15) is 42.7 Å². The number of carboxylic acid groups (broad SMARTS) is 1. The van der Waals surface area contributed by atoms with Crippen LogP contribution in [0.15, 0.2) is 28.7 Å². The van der Waals surface area contributed by atoms with Crippen molar-refractivity contribution < 1.29 is 23.1 Å². The van der Waals surface area contributed by atoms with Crippen molar-refractivity contribution in [3.63, 3.8) is 0 Å². The third-order valence-corrected chi connectivity index (χ3v) is 11.1. The maximum atomic E-state index is 13.3. The van der Waals surface area contributed by atoms with Gasteiger partial charge in [-0.05, 0) is 45.7 Å². The summed E-state index contributed by atoms with van der Waals surface area (Å²) in [6.07, 6.45) is 2.20. The van der Waals surface area contributed by atoms with Gasteiger partial charge in [0.15, 0.2) is 9.34 Å². The molecule has 5 rings (SSSR count). The number of hydrogen-bond acceptors (Lipinski definition) is 10. The Morgan fingerprint density at radius 2 is 1.93 bits per heavy atom. The number of benzene rings is 1. The van der Waals surface area contributed by atoms with Crippen LogP contribution >= 0.6 is 11.3 Å². The average molecular weight is 603 g/mol. The first-order chi connectivity index (χ1) is 19.5. The van der Waals surface area contributed by atoms with Crippen molar-refractivity contribution in [3.8, 4) is 0 Å². The molecule has 13 nitrogen and oxygen atoms in total. The Hall–Kier alpha value is -3.40. The van der Waals surface area contributed by atoms with Crippen LogP contribution in [0.3, 0.4) is 0 Å². The zero-order valence-electron chi connectivity index (χ0n) is 23.2. The molecule has 41 heavy (non-hydrogen) atoms. The van der Waals surface area contributed by atoms with E-state index in [2.05, 4.69) is 37.4 Å². The third-order valence-electron chi connectivity index (χ3n) is 7.50. The molecule has 0 spiro atoms. The summed E-state index contributed by atoms with van der Waals surface area (Å²) in [5.41, 5.74) is 1.48. The number of anilines is 2. The molecular weight excluding hydrogens is 568 g/mol. The predicted molar refractivity (Wildman–Crippen MR) is 156 cm³/mol. The number of amides is 2. The number of sulfonamides is 1.